The first-order valence-corrected chi connectivity index (χ1v) is 8.48. The van der Waals surface area contributed by atoms with Crippen molar-refractivity contribution in [2.75, 3.05) is 43.9 Å². The zero-order valence-electron chi connectivity index (χ0n) is 13.1. The summed E-state index contributed by atoms with van der Waals surface area (Å²) in [6.07, 6.45) is 1.40. The van der Waals surface area contributed by atoms with Crippen molar-refractivity contribution < 1.29 is 4.74 Å². The third-order valence-electron chi connectivity index (χ3n) is 4.00. The first-order chi connectivity index (χ1) is 11.6. The predicted octanol–water partition coefficient (Wildman–Crippen LogP) is 2.85. The number of ether oxygens (including phenoxy) is 1. The Hall–Kier alpha value is -1.60. The molecule has 0 amide bonds. The van der Waals surface area contributed by atoms with E-state index in [0.717, 1.165) is 36.9 Å². The van der Waals surface area contributed by atoms with Gasteiger partial charge in [0.15, 0.2) is 5.82 Å². The van der Waals surface area contributed by atoms with Crippen molar-refractivity contribution in [3.05, 3.63) is 46.2 Å². The Balaban J connectivity index is 1.80. The molecule has 1 atom stereocenters. The van der Waals surface area contributed by atoms with Gasteiger partial charge in [0.05, 0.1) is 19.3 Å². The summed E-state index contributed by atoms with van der Waals surface area (Å²) < 4.78 is 5.46. The molecule has 0 spiro atoms. The Bertz CT molecular complexity index is 694. The van der Waals surface area contributed by atoms with Crippen LogP contribution in [-0.2, 0) is 4.74 Å². The molecule has 2 heterocycles. The summed E-state index contributed by atoms with van der Waals surface area (Å²) in [5, 5.41) is 4.34. The van der Waals surface area contributed by atoms with Crippen LogP contribution in [0.4, 0.5) is 11.6 Å². The molecule has 1 aliphatic rings. The number of hydrogen-bond acceptors (Lipinski definition) is 6. The molecule has 3 rings (SSSR count). The van der Waals surface area contributed by atoms with Gasteiger partial charge in [0, 0.05) is 24.7 Å². The Kier molecular flexibility index (Phi) is 5.73. The van der Waals surface area contributed by atoms with Gasteiger partial charge < -0.3 is 15.8 Å². The van der Waals surface area contributed by atoms with E-state index in [0.29, 0.717) is 17.4 Å². The van der Waals surface area contributed by atoms with Gasteiger partial charge in [-0.3, -0.25) is 4.90 Å². The number of nitrogen functional groups attached to an aromatic ring is 1. The summed E-state index contributed by atoms with van der Waals surface area (Å²) in [5.74, 6) is 0.796. The molecule has 3 N–H and O–H groups in total. The van der Waals surface area contributed by atoms with Gasteiger partial charge >= 0.3 is 0 Å². The highest BCUT2D eigenvalue weighted by atomic mass is 35.5. The van der Waals surface area contributed by atoms with Crippen LogP contribution in [0.15, 0.2) is 30.6 Å². The van der Waals surface area contributed by atoms with Crippen LogP contribution in [0.3, 0.4) is 0 Å². The average molecular weight is 368 g/mol. The molecule has 128 valence electrons. The quantitative estimate of drug-likeness (QED) is 0.845. The van der Waals surface area contributed by atoms with Crippen molar-refractivity contribution in [2.24, 2.45) is 0 Å². The first kappa shape index (κ1) is 17.2. The molecule has 0 bridgehead atoms. The van der Waals surface area contributed by atoms with Gasteiger partial charge in [0.2, 0.25) is 0 Å². The molecule has 1 aliphatic heterocycles. The highest BCUT2D eigenvalue weighted by Gasteiger charge is 2.23. The molecule has 1 unspecified atom stereocenters. The van der Waals surface area contributed by atoms with E-state index in [2.05, 4.69) is 26.3 Å². The topological polar surface area (TPSA) is 76.3 Å². The number of morpholine rings is 1. The smallest absolute Gasteiger partial charge is 0.150 e. The minimum atomic E-state index is 0.125. The van der Waals surface area contributed by atoms with Gasteiger partial charge in [-0.1, -0.05) is 35.3 Å². The van der Waals surface area contributed by atoms with Crippen LogP contribution >= 0.6 is 23.2 Å². The summed E-state index contributed by atoms with van der Waals surface area (Å²) in [6, 6.07) is 8.01. The fourth-order valence-corrected chi connectivity index (χ4v) is 3.12. The van der Waals surface area contributed by atoms with E-state index >= 15 is 0 Å². The number of aromatic nitrogens is 2. The van der Waals surface area contributed by atoms with E-state index < -0.39 is 0 Å². The summed E-state index contributed by atoms with van der Waals surface area (Å²) in [7, 11) is 0. The second-order valence-corrected chi connectivity index (χ2v) is 6.34. The van der Waals surface area contributed by atoms with Crippen molar-refractivity contribution in [3.8, 4) is 0 Å². The maximum absolute atomic E-state index is 6.17. The number of halogens is 2. The zero-order chi connectivity index (χ0) is 16.9. The van der Waals surface area contributed by atoms with Crippen LogP contribution < -0.4 is 11.1 Å². The van der Waals surface area contributed by atoms with Gasteiger partial charge in [-0.2, -0.15) is 0 Å². The number of anilines is 2. The number of nitrogens with one attached hydrogen (secondary N) is 1. The van der Waals surface area contributed by atoms with Crippen LogP contribution in [0.5, 0.6) is 0 Å². The van der Waals surface area contributed by atoms with Crippen molar-refractivity contribution >= 4 is 34.8 Å². The van der Waals surface area contributed by atoms with Gasteiger partial charge in [-0.15, -0.1) is 0 Å². The van der Waals surface area contributed by atoms with Crippen LogP contribution in [0.25, 0.3) is 0 Å². The lowest BCUT2D eigenvalue weighted by molar-refractivity contribution is 0.0187. The average Bonchev–Trinajstić information content (AvgIpc) is 2.60. The van der Waals surface area contributed by atoms with Gasteiger partial charge in [-0.25, -0.2) is 9.97 Å². The molecule has 1 saturated heterocycles. The molecule has 6 nitrogen and oxygen atoms in total. The van der Waals surface area contributed by atoms with E-state index in [9.17, 15) is 0 Å². The second-order valence-electron chi connectivity index (χ2n) is 5.52. The van der Waals surface area contributed by atoms with Crippen molar-refractivity contribution in [1.29, 1.82) is 0 Å². The zero-order valence-corrected chi connectivity index (χ0v) is 14.6. The first-order valence-electron chi connectivity index (χ1n) is 7.72. The summed E-state index contributed by atoms with van der Waals surface area (Å²) in [6.45, 7) is 3.78. The van der Waals surface area contributed by atoms with Gasteiger partial charge in [0.1, 0.15) is 17.2 Å². The summed E-state index contributed by atoms with van der Waals surface area (Å²) >= 11 is 12.3. The maximum Gasteiger partial charge on any atom is 0.150 e. The van der Waals surface area contributed by atoms with E-state index in [1.54, 1.807) is 0 Å². The number of rotatable bonds is 5. The van der Waals surface area contributed by atoms with Crippen molar-refractivity contribution in [2.45, 2.75) is 6.04 Å². The molecular weight excluding hydrogens is 349 g/mol. The molecule has 0 radical (unpaired) electrons. The largest absolute Gasteiger partial charge is 0.382 e. The van der Waals surface area contributed by atoms with E-state index in [4.69, 9.17) is 33.7 Å². The highest BCUT2D eigenvalue weighted by molar-refractivity contribution is 6.35. The minimum Gasteiger partial charge on any atom is -0.382 e. The monoisotopic (exact) mass is 367 g/mol. The lowest BCUT2D eigenvalue weighted by Crippen LogP contribution is -2.41. The normalized spacial score (nSPS) is 16.8. The maximum atomic E-state index is 6.17. The fourth-order valence-electron chi connectivity index (χ4n) is 2.76. The highest BCUT2D eigenvalue weighted by Crippen LogP contribution is 2.27. The van der Waals surface area contributed by atoms with Gasteiger partial charge in [-0.05, 0) is 17.7 Å². The lowest BCUT2D eigenvalue weighted by Gasteiger charge is -2.35. The molecule has 1 fully saturated rings. The second kappa shape index (κ2) is 7.98. The van der Waals surface area contributed by atoms with Gasteiger partial charge in [0.25, 0.3) is 0 Å². The number of nitrogens with two attached hydrogens (primary N) is 1. The summed E-state index contributed by atoms with van der Waals surface area (Å²) in [4.78, 5) is 10.4. The lowest BCUT2D eigenvalue weighted by atomic mass is 10.0. The SMILES string of the molecule is Nc1ncnc(NCC(c2cccc(Cl)c2)N2CCOCC2)c1Cl. The van der Waals surface area contributed by atoms with Crippen LogP contribution in [0, 0.1) is 0 Å². The molecule has 8 heteroatoms. The van der Waals surface area contributed by atoms with Crippen molar-refractivity contribution in [1.82, 2.24) is 14.9 Å². The van der Waals surface area contributed by atoms with Crippen molar-refractivity contribution in [3.63, 3.8) is 0 Å². The third kappa shape index (κ3) is 4.08. The minimum absolute atomic E-state index is 0.125. The molecule has 0 aliphatic carbocycles. The van der Waals surface area contributed by atoms with E-state index in [-0.39, 0.29) is 11.9 Å². The molecule has 0 saturated carbocycles. The molecule has 1 aromatic carbocycles. The Morgan fingerprint density at radius 2 is 2.04 bits per heavy atom. The number of benzene rings is 1. The third-order valence-corrected chi connectivity index (χ3v) is 4.61. The Morgan fingerprint density at radius 1 is 1.25 bits per heavy atom. The molecule has 24 heavy (non-hydrogen) atoms. The molecule has 1 aromatic heterocycles. The Morgan fingerprint density at radius 3 is 2.79 bits per heavy atom. The van der Waals surface area contributed by atoms with Crippen LogP contribution in [-0.4, -0.2) is 47.7 Å². The van der Waals surface area contributed by atoms with Crippen LogP contribution in [0.2, 0.25) is 10.0 Å². The molecular formula is C16H19Cl2N5O. The Labute approximate surface area is 150 Å². The van der Waals surface area contributed by atoms with E-state index in [1.165, 1.54) is 6.33 Å². The number of nitrogens with zero attached hydrogens (tertiary/aromatic N) is 3. The standard InChI is InChI=1S/C16H19Cl2N5O/c17-12-3-1-2-11(8-12)13(23-4-6-24-7-5-23)9-20-16-14(18)15(19)21-10-22-16/h1-3,8,10,13H,4-7,9H2,(H3,19,20,21,22). The fraction of sp³-hybridized carbons (Fsp3) is 0.375. The molecule has 2 aromatic rings. The predicted molar refractivity (Wildman–Crippen MR) is 96.5 cm³/mol. The summed E-state index contributed by atoms with van der Waals surface area (Å²) in [5.41, 5.74) is 6.87. The number of hydrogen-bond donors (Lipinski definition) is 2. The van der Waals surface area contributed by atoms with Crippen LogP contribution in [0.1, 0.15) is 11.6 Å². The van der Waals surface area contributed by atoms with E-state index in [1.807, 2.05) is 18.2 Å².